The maximum atomic E-state index is 11.7. The lowest BCUT2D eigenvalue weighted by Gasteiger charge is -2.06. The van der Waals surface area contributed by atoms with Crippen LogP contribution in [0, 0.1) is 0 Å². The van der Waals surface area contributed by atoms with Gasteiger partial charge in [0.05, 0.1) is 23.1 Å². The van der Waals surface area contributed by atoms with Gasteiger partial charge in [-0.2, -0.15) is 0 Å². The molecule has 2 aromatic rings. The smallest absolute Gasteiger partial charge is 0.211 e. The van der Waals surface area contributed by atoms with Gasteiger partial charge in [-0.3, -0.25) is 0 Å². The predicted octanol–water partition coefficient (Wildman–Crippen LogP) is 1.79. The van der Waals surface area contributed by atoms with E-state index in [1.165, 1.54) is 0 Å². The monoisotopic (exact) mass is 281 g/mol. The van der Waals surface area contributed by atoms with Gasteiger partial charge in [0.1, 0.15) is 0 Å². The van der Waals surface area contributed by atoms with E-state index in [-0.39, 0.29) is 5.75 Å². The topological polar surface area (TPSA) is 64.0 Å². The van der Waals surface area contributed by atoms with Gasteiger partial charge < -0.3 is 4.57 Å². The number of benzene rings is 1. The Balaban J connectivity index is 2.05. The molecule has 0 aliphatic carbocycles. The number of nitrogens with zero attached hydrogens (tertiary/aromatic N) is 2. The van der Waals surface area contributed by atoms with Crippen molar-refractivity contribution in [2.24, 2.45) is 7.05 Å². The van der Waals surface area contributed by atoms with Crippen molar-refractivity contribution in [3.05, 3.63) is 30.1 Å². The van der Waals surface area contributed by atoms with E-state index < -0.39 is 10.0 Å². The molecule has 0 aliphatic rings. The third-order valence-electron chi connectivity index (χ3n) is 3.05. The minimum Gasteiger partial charge on any atom is -0.334 e. The van der Waals surface area contributed by atoms with Gasteiger partial charge in [0.15, 0.2) is 0 Å². The van der Waals surface area contributed by atoms with Crippen LogP contribution in [-0.4, -0.2) is 23.7 Å². The Labute approximate surface area is 113 Å². The zero-order valence-corrected chi connectivity index (χ0v) is 12.1. The third-order valence-corrected chi connectivity index (χ3v) is 4.46. The second kappa shape index (κ2) is 5.71. The molecule has 0 radical (unpaired) electrons. The summed E-state index contributed by atoms with van der Waals surface area (Å²) < 4.78 is 28.0. The quantitative estimate of drug-likeness (QED) is 0.878. The molecule has 0 atom stereocenters. The fraction of sp³-hybridized carbons (Fsp3) is 0.462. The van der Waals surface area contributed by atoms with Gasteiger partial charge in [0.25, 0.3) is 0 Å². The van der Waals surface area contributed by atoms with Crippen LogP contribution in [0.4, 0.5) is 0 Å². The van der Waals surface area contributed by atoms with Crippen molar-refractivity contribution in [3.8, 4) is 0 Å². The van der Waals surface area contributed by atoms with E-state index in [2.05, 4.69) is 9.71 Å². The highest BCUT2D eigenvalue weighted by atomic mass is 32.2. The van der Waals surface area contributed by atoms with Gasteiger partial charge in [0, 0.05) is 13.6 Å². The number of sulfonamides is 1. The molecule has 0 unspecified atom stereocenters. The third kappa shape index (κ3) is 3.54. The first kappa shape index (κ1) is 14.0. The van der Waals surface area contributed by atoms with Crippen LogP contribution in [-0.2, 0) is 23.6 Å². The summed E-state index contributed by atoms with van der Waals surface area (Å²) in [6.07, 6.45) is 3.31. The molecule has 1 aromatic carbocycles. The lowest BCUT2D eigenvalue weighted by molar-refractivity contribution is 0.578. The molecule has 0 saturated heterocycles. The van der Waals surface area contributed by atoms with Crippen LogP contribution < -0.4 is 4.72 Å². The number of aromatic nitrogens is 2. The van der Waals surface area contributed by atoms with Crippen molar-refractivity contribution in [2.75, 3.05) is 5.75 Å². The summed E-state index contributed by atoms with van der Waals surface area (Å²) >= 11 is 0. The number of nitrogens with one attached hydrogen (secondary N) is 1. The molecule has 5 nitrogen and oxygen atoms in total. The first-order chi connectivity index (χ1) is 9.02. The van der Waals surface area contributed by atoms with Crippen LogP contribution >= 0.6 is 0 Å². The van der Waals surface area contributed by atoms with E-state index in [0.29, 0.717) is 13.0 Å². The van der Waals surface area contributed by atoms with Crippen LogP contribution in [0.25, 0.3) is 11.0 Å². The maximum Gasteiger partial charge on any atom is 0.211 e. The van der Waals surface area contributed by atoms with Crippen molar-refractivity contribution in [1.82, 2.24) is 14.3 Å². The summed E-state index contributed by atoms with van der Waals surface area (Å²) in [6.45, 7) is 2.29. The van der Waals surface area contributed by atoms with E-state index in [4.69, 9.17) is 0 Å². The Morgan fingerprint density at radius 2 is 2.16 bits per heavy atom. The highest BCUT2D eigenvalue weighted by Gasteiger charge is 2.09. The Kier molecular flexibility index (Phi) is 4.21. The fourth-order valence-corrected chi connectivity index (χ4v) is 3.09. The molecular weight excluding hydrogens is 262 g/mol. The number of imidazole rings is 1. The highest BCUT2D eigenvalue weighted by Crippen LogP contribution is 2.13. The summed E-state index contributed by atoms with van der Waals surface area (Å²) in [7, 11) is -1.23. The molecule has 0 bridgehead atoms. The van der Waals surface area contributed by atoms with E-state index in [1.54, 1.807) is 6.33 Å². The summed E-state index contributed by atoms with van der Waals surface area (Å²) in [5.41, 5.74) is 2.84. The maximum absolute atomic E-state index is 11.7. The molecule has 1 heterocycles. The standard InChI is InChI=1S/C13H19N3O2S/c1-3-4-7-19(17,18)15-9-11-5-6-13-12(8-11)14-10-16(13)2/h5-6,8,10,15H,3-4,7,9H2,1-2H3. The molecule has 0 amide bonds. The molecule has 2 rings (SSSR count). The number of hydrogen-bond acceptors (Lipinski definition) is 3. The van der Waals surface area contributed by atoms with E-state index in [0.717, 1.165) is 23.0 Å². The summed E-state index contributed by atoms with van der Waals surface area (Å²) in [5.74, 6) is 0.190. The normalized spacial score (nSPS) is 12.1. The number of aryl methyl sites for hydroxylation is 1. The molecule has 104 valence electrons. The number of fused-ring (bicyclic) bond motifs is 1. The lowest BCUT2D eigenvalue weighted by Crippen LogP contribution is -2.25. The van der Waals surface area contributed by atoms with Gasteiger partial charge in [-0.1, -0.05) is 19.4 Å². The fourth-order valence-electron chi connectivity index (χ4n) is 1.89. The average molecular weight is 281 g/mol. The van der Waals surface area contributed by atoms with E-state index in [9.17, 15) is 8.42 Å². The van der Waals surface area contributed by atoms with Gasteiger partial charge in [-0.15, -0.1) is 0 Å². The predicted molar refractivity (Wildman–Crippen MR) is 76.2 cm³/mol. The van der Waals surface area contributed by atoms with Crippen molar-refractivity contribution in [1.29, 1.82) is 0 Å². The SMILES string of the molecule is CCCCS(=O)(=O)NCc1ccc2c(c1)ncn2C. The molecule has 0 fully saturated rings. The minimum absolute atomic E-state index is 0.190. The van der Waals surface area contributed by atoms with Crippen LogP contribution in [0.15, 0.2) is 24.5 Å². The largest absolute Gasteiger partial charge is 0.334 e. The Morgan fingerprint density at radius 3 is 2.89 bits per heavy atom. The zero-order valence-electron chi connectivity index (χ0n) is 11.3. The van der Waals surface area contributed by atoms with Crippen molar-refractivity contribution < 1.29 is 8.42 Å². The molecule has 1 N–H and O–H groups in total. The van der Waals surface area contributed by atoms with E-state index >= 15 is 0 Å². The Morgan fingerprint density at radius 1 is 1.37 bits per heavy atom. The van der Waals surface area contributed by atoms with Gasteiger partial charge in [-0.25, -0.2) is 18.1 Å². The second-order valence-electron chi connectivity index (χ2n) is 4.67. The number of unbranched alkanes of at least 4 members (excludes halogenated alkanes) is 1. The summed E-state index contributed by atoms with van der Waals surface area (Å²) in [5, 5.41) is 0. The molecule has 0 aliphatic heterocycles. The molecular formula is C13H19N3O2S. The van der Waals surface area contributed by atoms with Crippen LogP contribution in [0.5, 0.6) is 0 Å². The van der Waals surface area contributed by atoms with Gasteiger partial charge in [-0.05, 0) is 24.1 Å². The summed E-state index contributed by atoms with van der Waals surface area (Å²) in [6, 6.07) is 5.79. The van der Waals surface area contributed by atoms with E-state index in [1.807, 2.05) is 36.7 Å². The lowest BCUT2D eigenvalue weighted by atomic mass is 10.2. The first-order valence-electron chi connectivity index (χ1n) is 6.39. The van der Waals surface area contributed by atoms with Crippen LogP contribution in [0.2, 0.25) is 0 Å². The van der Waals surface area contributed by atoms with Crippen LogP contribution in [0.1, 0.15) is 25.3 Å². The Bertz CT molecular complexity index is 662. The molecule has 6 heteroatoms. The number of rotatable bonds is 6. The minimum atomic E-state index is -3.17. The molecule has 19 heavy (non-hydrogen) atoms. The van der Waals surface area contributed by atoms with Gasteiger partial charge >= 0.3 is 0 Å². The first-order valence-corrected chi connectivity index (χ1v) is 8.04. The molecule has 0 saturated carbocycles. The van der Waals surface area contributed by atoms with Crippen molar-refractivity contribution in [3.63, 3.8) is 0 Å². The highest BCUT2D eigenvalue weighted by molar-refractivity contribution is 7.89. The van der Waals surface area contributed by atoms with Crippen molar-refractivity contribution >= 4 is 21.1 Å². The zero-order chi connectivity index (χ0) is 13.9. The second-order valence-corrected chi connectivity index (χ2v) is 6.60. The molecule has 0 spiro atoms. The van der Waals surface area contributed by atoms with Crippen LogP contribution in [0.3, 0.4) is 0 Å². The van der Waals surface area contributed by atoms with Gasteiger partial charge in [0.2, 0.25) is 10.0 Å². The average Bonchev–Trinajstić information content (AvgIpc) is 2.76. The summed E-state index contributed by atoms with van der Waals surface area (Å²) in [4.78, 5) is 4.26. The Hall–Kier alpha value is -1.40. The van der Waals surface area contributed by atoms with Crippen molar-refractivity contribution in [2.45, 2.75) is 26.3 Å². The molecule has 1 aromatic heterocycles. The number of hydrogen-bond donors (Lipinski definition) is 1.